The molecular formula is C28H44N2. The number of benzene rings is 1. The van der Waals surface area contributed by atoms with Crippen molar-refractivity contribution in [1.29, 1.82) is 0 Å². The topological polar surface area (TPSA) is 25.8 Å². The van der Waals surface area contributed by atoms with Gasteiger partial charge in [-0.15, -0.1) is 0 Å². The van der Waals surface area contributed by atoms with Gasteiger partial charge in [0.1, 0.15) is 5.82 Å². The Hall–Kier alpha value is -1.70. The molecule has 166 valence electrons. The van der Waals surface area contributed by atoms with E-state index in [-0.39, 0.29) is 0 Å². The second-order valence-corrected chi connectivity index (χ2v) is 10.7. The summed E-state index contributed by atoms with van der Waals surface area (Å²) in [6.07, 6.45) is 9.39. The van der Waals surface area contributed by atoms with Gasteiger partial charge in [-0.25, -0.2) is 9.97 Å². The van der Waals surface area contributed by atoms with Crippen LogP contribution in [0.4, 0.5) is 0 Å². The summed E-state index contributed by atoms with van der Waals surface area (Å²) in [6.45, 7) is 16.2. The first kappa shape index (κ1) is 24.6. The number of rotatable bonds is 11. The fourth-order valence-electron chi connectivity index (χ4n) is 4.75. The lowest BCUT2D eigenvalue weighted by Gasteiger charge is -2.25. The lowest BCUT2D eigenvalue weighted by molar-refractivity contribution is 0.267. The van der Waals surface area contributed by atoms with Crippen molar-refractivity contribution < 1.29 is 0 Å². The number of nitrogens with zero attached hydrogens (tertiary/aromatic N) is 2. The molecule has 2 aromatic rings. The van der Waals surface area contributed by atoms with Gasteiger partial charge in [0.15, 0.2) is 0 Å². The molecule has 0 fully saturated rings. The maximum atomic E-state index is 4.81. The van der Waals surface area contributed by atoms with Crippen LogP contribution < -0.4 is 0 Å². The summed E-state index contributed by atoms with van der Waals surface area (Å²) < 4.78 is 0. The van der Waals surface area contributed by atoms with Gasteiger partial charge in [-0.05, 0) is 61.5 Å². The number of aryl methyl sites for hydroxylation is 3. The summed E-state index contributed by atoms with van der Waals surface area (Å²) in [5, 5.41) is 0. The molecule has 0 saturated heterocycles. The Morgan fingerprint density at radius 2 is 1.67 bits per heavy atom. The standard InChI is InChI=1S/C28H44N2/c1-8-27-29-25(19-26(30-27)18-24-14-11-13-22(3)17-24)15-10-9-12-21(2)16-23(4)20-28(5,6)7/h11,13-14,17,19,21,23H,8-10,12,15-16,18,20H2,1-7H3. The van der Waals surface area contributed by atoms with Gasteiger partial charge >= 0.3 is 0 Å². The van der Waals surface area contributed by atoms with Gasteiger partial charge < -0.3 is 0 Å². The molecule has 2 nitrogen and oxygen atoms in total. The van der Waals surface area contributed by atoms with Crippen molar-refractivity contribution in [3.05, 3.63) is 58.7 Å². The summed E-state index contributed by atoms with van der Waals surface area (Å²) in [4.78, 5) is 9.59. The van der Waals surface area contributed by atoms with Gasteiger partial charge in [-0.3, -0.25) is 0 Å². The van der Waals surface area contributed by atoms with Gasteiger partial charge in [-0.2, -0.15) is 0 Å². The molecule has 0 radical (unpaired) electrons. The van der Waals surface area contributed by atoms with E-state index in [1.54, 1.807) is 0 Å². The van der Waals surface area contributed by atoms with Crippen LogP contribution in [0.25, 0.3) is 0 Å². The second-order valence-electron chi connectivity index (χ2n) is 10.7. The quantitative estimate of drug-likeness (QED) is 0.355. The first-order chi connectivity index (χ1) is 14.1. The monoisotopic (exact) mass is 408 g/mol. The van der Waals surface area contributed by atoms with E-state index in [0.29, 0.717) is 5.41 Å². The molecule has 0 N–H and O–H groups in total. The maximum Gasteiger partial charge on any atom is 0.128 e. The smallest absolute Gasteiger partial charge is 0.128 e. The van der Waals surface area contributed by atoms with Crippen molar-refractivity contribution in [2.24, 2.45) is 17.3 Å². The number of hydrogen-bond donors (Lipinski definition) is 0. The first-order valence-corrected chi connectivity index (χ1v) is 12.1. The SMILES string of the molecule is CCc1nc(CCCCC(C)CC(C)CC(C)(C)C)cc(Cc2cccc(C)c2)n1. The molecule has 2 atom stereocenters. The van der Waals surface area contributed by atoms with E-state index in [4.69, 9.17) is 9.97 Å². The summed E-state index contributed by atoms with van der Waals surface area (Å²) >= 11 is 0. The zero-order chi connectivity index (χ0) is 22.1. The highest BCUT2D eigenvalue weighted by molar-refractivity contribution is 5.27. The largest absolute Gasteiger partial charge is 0.238 e. The zero-order valence-corrected chi connectivity index (χ0v) is 20.6. The fraction of sp³-hybridized carbons (Fsp3) is 0.643. The number of hydrogen-bond acceptors (Lipinski definition) is 2. The minimum Gasteiger partial charge on any atom is -0.238 e. The van der Waals surface area contributed by atoms with Crippen molar-refractivity contribution in [3.63, 3.8) is 0 Å². The molecule has 0 spiro atoms. The normalized spacial score (nSPS) is 14.0. The summed E-state index contributed by atoms with van der Waals surface area (Å²) in [7, 11) is 0. The van der Waals surface area contributed by atoms with Crippen LogP contribution in [0, 0.1) is 24.2 Å². The van der Waals surface area contributed by atoms with Crippen molar-refractivity contribution in [2.45, 2.75) is 99.8 Å². The summed E-state index contributed by atoms with van der Waals surface area (Å²) in [5.41, 5.74) is 5.47. The maximum absolute atomic E-state index is 4.81. The molecule has 1 heterocycles. The molecule has 2 rings (SSSR count). The highest BCUT2D eigenvalue weighted by Gasteiger charge is 2.17. The van der Waals surface area contributed by atoms with Gasteiger partial charge in [0.05, 0.1) is 0 Å². The van der Waals surface area contributed by atoms with Crippen LogP contribution in [-0.4, -0.2) is 9.97 Å². The van der Waals surface area contributed by atoms with Crippen LogP contribution in [-0.2, 0) is 19.3 Å². The predicted molar refractivity (Wildman–Crippen MR) is 130 cm³/mol. The van der Waals surface area contributed by atoms with Crippen molar-refractivity contribution in [3.8, 4) is 0 Å². The number of aromatic nitrogens is 2. The highest BCUT2D eigenvalue weighted by atomic mass is 14.9. The Kier molecular flexibility index (Phi) is 9.52. The minimum absolute atomic E-state index is 0.444. The van der Waals surface area contributed by atoms with Crippen LogP contribution in [0.2, 0.25) is 0 Å². The van der Waals surface area contributed by atoms with E-state index < -0.39 is 0 Å². The van der Waals surface area contributed by atoms with Crippen LogP contribution in [0.3, 0.4) is 0 Å². The molecule has 0 aliphatic rings. The Bertz CT molecular complexity index is 772. The third kappa shape index (κ3) is 9.41. The Balaban J connectivity index is 1.84. The molecule has 30 heavy (non-hydrogen) atoms. The van der Waals surface area contributed by atoms with E-state index in [9.17, 15) is 0 Å². The summed E-state index contributed by atoms with van der Waals surface area (Å²) in [5.74, 6) is 2.62. The molecule has 2 heteroatoms. The molecule has 1 aromatic carbocycles. The van der Waals surface area contributed by atoms with Crippen LogP contribution in [0.1, 0.15) is 102 Å². The van der Waals surface area contributed by atoms with Gasteiger partial charge in [-0.1, -0.05) is 84.2 Å². The van der Waals surface area contributed by atoms with Gasteiger partial charge in [0.25, 0.3) is 0 Å². The molecule has 0 bridgehead atoms. The molecular weight excluding hydrogens is 364 g/mol. The van der Waals surface area contributed by atoms with E-state index in [2.05, 4.69) is 78.8 Å². The first-order valence-electron chi connectivity index (χ1n) is 12.1. The summed E-state index contributed by atoms with van der Waals surface area (Å²) in [6, 6.07) is 11.0. The second kappa shape index (κ2) is 11.6. The Morgan fingerprint density at radius 3 is 2.33 bits per heavy atom. The molecule has 0 amide bonds. The van der Waals surface area contributed by atoms with E-state index in [1.165, 1.54) is 48.9 Å². The molecule has 2 unspecified atom stereocenters. The van der Waals surface area contributed by atoms with Crippen LogP contribution in [0.5, 0.6) is 0 Å². The average Bonchev–Trinajstić information content (AvgIpc) is 2.63. The highest BCUT2D eigenvalue weighted by Crippen LogP contribution is 2.29. The third-order valence-corrected chi connectivity index (χ3v) is 5.81. The van der Waals surface area contributed by atoms with E-state index >= 15 is 0 Å². The van der Waals surface area contributed by atoms with Crippen LogP contribution in [0.15, 0.2) is 30.3 Å². The molecule has 0 aliphatic carbocycles. The van der Waals surface area contributed by atoms with Crippen LogP contribution >= 0.6 is 0 Å². The Labute approximate surface area is 185 Å². The van der Waals surface area contributed by atoms with Gasteiger partial charge in [0, 0.05) is 24.2 Å². The van der Waals surface area contributed by atoms with Crippen molar-refractivity contribution in [1.82, 2.24) is 9.97 Å². The van der Waals surface area contributed by atoms with Crippen molar-refractivity contribution >= 4 is 0 Å². The Morgan fingerprint density at radius 1 is 0.933 bits per heavy atom. The molecule has 0 aliphatic heterocycles. The van der Waals surface area contributed by atoms with Gasteiger partial charge in [0.2, 0.25) is 0 Å². The number of unbranched alkanes of at least 4 members (excludes halogenated alkanes) is 1. The third-order valence-electron chi connectivity index (χ3n) is 5.81. The predicted octanol–water partition coefficient (Wildman–Crippen LogP) is 7.75. The molecule has 1 aromatic heterocycles. The zero-order valence-electron chi connectivity index (χ0n) is 20.6. The van der Waals surface area contributed by atoms with E-state index in [1.807, 2.05) is 0 Å². The minimum atomic E-state index is 0.444. The van der Waals surface area contributed by atoms with E-state index in [0.717, 1.165) is 42.6 Å². The molecule has 0 saturated carbocycles. The van der Waals surface area contributed by atoms with Crippen molar-refractivity contribution in [2.75, 3.05) is 0 Å². The fourth-order valence-corrected chi connectivity index (χ4v) is 4.75. The lowest BCUT2D eigenvalue weighted by Crippen LogP contribution is -2.13. The average molecular weight is 409 g/mol. The lowest BCUT2D eigenvalue weighted by atomic mass is 9.81.